The van der Waals surface area contributed by atoms with Gasteiger partial charge < -0.3 is 0 Å². The van der Waals surface area contributed by atoms with Crippen LogP contribution in [0.25, 0.3) is 11.4 Å². The van der Waals surface area contributed by atoms with Gasteiger partial charge in [-0.1, -0.05) is 59.7 Å². The maximum atomic E-state index is 13.1. The van der Waals surface area contributed by atoms with E-state index in [1.807, 2.05) is 34.9 Å². The summed E-state index contributed by atoms with van der Waals surface area (Å²) in [5, 5.41) is 11.9. The second-order valence-corrected chi connectivity index (χ2v) is 8.10. The van der Waals surface area contributed by atoms with Gasteiger partial charge in [-0.3, -0.25) is 9.67 Å². The third kappa shape index (κ3) is 3.70. The minimum absolute atomic E-state index is 0.0929. The van der Waals surface area contributed by atoms with Crippen molar-refractivity contribution in [2.24, 2.45) is 0 Å². The Labute approximate surface area is 174 Å². The molecule has 0 aliphatic heterocycles. The summed E-state index contributed by atoms with van der Waals surface area (Å²) in [4.78, 5) is 17.6. The molecule has 0 atom stereocenters. The molecule has 1 fully saturated rings. The Hall–Kier alpha value is -3.48. The van der Waals surface area contributed by atoms with Gasteiger partial charge in [0.15, 0.2) is 11.6 Å². The van der Waals surface area contributed by atoms with Gasteiger partial charge >= 0.3 is 5.69 Å². The van der Waals surface area contributed by atoms with Crippen molar-refractivity contribution < 1.29 is 0 Å². The fourth-order valence-electron chi connectivity index (χ4n) is 3.72. The summed E-state index contributed by atoms with van der Waals surface area (Å²) < 4.78 is 3.32. The number of nitrogens with one attached hydrogen (secondary N) is 1. The molecule has 0 spiro atoms. The predicted molar refractivity (Wildman–Crippen MR) is 114 cm³/mol. The lowest BCUT2D eigenvalue weighted by Crippen LogP contribution is -2.25. The first-order valence-electron chi connectivity index (χ1n) is 10.3. The van der Waals surface area contributed by atoms with Crippen molar-refractivity contribution in [3.63, 3.8) is 0 Å². The number of aryl methyl sites for hydroxylation is 2. The molecule has 0 bridgehead atoms. The monoisotopic (exact) mass is 400 g/mol. The van der Waals surface area contributed by atoms with Crippen molar-refractivity contribution in [3.8, 4) is 11.4 Å². The molecule has 1 aliphatic rings. The molecule has 2 heterocycles. The van der Waals surface area contributed by atoms with E-state index in [1.165, 1.54) is 15.8 Å². The van der Waals surface area contributed by atoms with Gasteiger partial charge in [0.25, 0.3) is 0 Å². The highest BCUT2D eigenvalue weighted by molar-refractivity contribution is 5.55. The normalized spacial score (nSPS) is 13.7. The Kier molecular flexibility index (Phi) is 4.58. The Balaban J connectivity index is 1.41. The molecule has 2 aromatic heterocycles. The zero-order valence-corrected chi connectivity index (χ0v) is 17.2. The molecule has 0 radical (unpaired) electrons. The topological polar surface area (TPSA) is 81.4 Å². The summed E-state index contributed by atoms with van der Waals surface area (Å²) in [6.45, 7) is 4.40. The molecule has 30 heavy (non-hydrogen) atoms. The number of benzene rings is 2. The average Bonchev–Trinajstić information content (AvgIpc) is 3.38. The summed E-state index contributed by atoms with van der Waals surface area (Å²) in [5.41, 5.74) is 4.42. The van der Waals surface area contributed by atoms with Crippen molar-refractivity contribution in [1.29, 1.82) is 0 Å². The summed E-state index contributed by atoms with van der Waals surface area (Å²) in [7, 11) is 0. The zero-order chi connectivity index (χ0) is 20.7. The summed E-state index contributed by atoms with van der Waals surface area (Å²) in [6.07, 6.45) is 2.69. The second-order valence-electron chi connectivity index (χ2n) is 8.10. The molecule has 1 saturated carbocycles. The molecule has 0 saturated heterocycles. The Morgan fingerprint density at radius 1 is 1.07 bits per heavy atom. The van der Waals surface area contributed by atoms with Crippen LogP contribution < -0.4 is 5.69 Å². The summed E-state index contributed by atoms with van der Waals surface area (Å²) >= 11 is 0. The van der Waals surface area contributed by atoms with Crippen LogP contribution in [0.15, 0.2) is 53.3 Å². The highest BCUT2D eigenvalue weighted by Crippen LogP contribution is 2.36. The van der Waals surface area contributed by atoms with Gasteiger partial charge in [0.1, 0.15) is 12.4 Å². The zero-order valence-electron chi connectivity index (χ0n) is 17.2. The number of H-pyrrole nitrogens is 1. The van der Waals surface area contributed by atoms with E-state index in [-0.39, 0.29) is 18.3 Å². The van der Waals surface area contributed by atoms with Gasteiger partial charge in [-0.05, 0) is 32.3 Å². The van der Waals surface area contributed by atoms with Crippen molar-refractivity contribution in [2.75, 3.05) is 0 Å². The van der Waals surface area contributed by atoms with Crippen molar-refractivity contribution >= 4 is 0 Å². The Morgan fingerprint density at radius 3 is 2.60 bits per heavy atom. The number of rotatable bonds is 6. The van der Waals surface area contributed by atoms with Crippen LogP contribution in [0, 0.1) is 13.8 Å². The van der Waals surface area contributed by atoms with Crippen LogP contribution in [0.4, 0.5) is 0 Å². The highest BCUT2D eigenvalue weighted by Gasteiger charge is 2.30. The summed E-state index contributed by atoms with van der Waals surface area (Å²) in [6, 6.07) is 16.7. The lowest BCUT2D eigenvalue weighted by molar-refractivity contribution is 0.608. The molecule has 2 aromatic carbocycles. The Morgan fingerprint density at radius 2 is 1.87 bits per heavy atom. The van der Waals surface area contributed by atoms with E-state index in [4.69, 9.17) is 0 Å². The number of nitrogens with zero attached hydrogens (tertiary/aromatic N) is 5. The summed E-state index contributed by atoms with van der Waals surface area (Å²) in [5.74, 6) is 2.07. The minimum Gasteiger partial charge on any atom is -0.272 e. The quantitative estimate of drug-likeness (QED) is 0.538. The SMILES string of the molecule is Cc1ccc(-c2nn(Cc3nc(Cc4cccc(C)c4)n[nH]3)c(=O)n2C2CC2)cc1. The van der Waals surface area contributed by atoms with Crippen molar-refractivity contribution in [1.82, 2.24) is 29.5 Å². The third-order valence-corrected chi connectivity index (χ3v) is 5.41. The van der Waals surface area contributed by atoms with E-state index in [0.717, 1.165) is 29.8 Å². The molecule has 0 amide bonds. The number of hydrogen-bond acceptors (Lipinski definition) is 4. The second kappa shape index (κ2) is 7.40. The highest BCUT2D eigenvalue weighted by atomic mass is 16.2. The van der Waals surface area contributed by atoms with Gasteiger partial charge in [0.2, 0.25) is 0 Å². The van der Waals surface area contributed by atoms with E-state index in [9.17, 15) is 4.79 Å². The van der Waals surface area contributed by atoms with Gasteiger partial charge in [0.05, 0.1) is 0 Å². The lowest BCUT2D eigenvalue weighted by Gasteiger charge is -2.03. The predicted octanol–water partition coefficient (Wildman–Crippen LogP) is 3.42. The average molecular weight is 400 g/mol. The van der Waals surface area contributed by atoms with Gasteiger partial charge in [-0.25, -0.2) is 14.5 Å². The van der Waals surface area contributed by atoms with Gasteiger partial charge in [-0.2, -0.15) is 5.10 Å². The van der Waals surface area contributed by atoms with Crippen LogP contribution in [0.3, 0.4) is 0 Å². The largest absolute Gasteiger partial charge is 0.346 e. The third-order valence-electron chi connectivity index (χ3n) is 5.41. The van der Waals surface area contributed by atoms with Crippen LogP contribution in [-0.4, -0.2) is 29.5 Å². The first-order chi connectivity index (χ1) is 14.6. The Bertz CT molecular complexity index is 1240. The van der Waals surface area contributed by atoms with Crippen LogP contribution in [-0.2, 0) is 13.0 Å². The van der Waals surface area contributed by atoms with Gasteiger partial charge in [0, 0.05) is 18.0 Å². The maximum absolute atomic E-state index is 13.1. The van der Waals surface area contributed by atoms with E-state index in [0.29, 0.717) is 18.1 Å². The minimum atomic E-state index is -0.0929. The number of hydrogen-bond donors (Lipinski definition) is 1. The fourth-order valence-corrected chi connectivity index (χ4v) is 3.72. The van der Waals surface area contributed by atoms with Crippen LogP contribution in [0.1, 0.15) is 47.2 Å². The number of aromatic nitrogens is 6. The molecule has 5 rings (SSSR count). The van der Waals surface area contributed by atoms with E-state index in [1.54, 1.807) is 0 Å². The maximum Gasteiger partial charge on any atom is 0.346 e. The van der Waals surface area contributed by atoms with E-state index < -0.39 is 0 Å². The van der Waals surface area contributed by atoms with Crippen LogP contribution in [0.2, 0.25) is 0 Å². The number of aromatic amines is 1. The molecule has 4 aromatic rings. The molecule has 1 N–H and O–H groups in total. The molecular weight excluding hydrogens is 376 g/mol. The first kappa shape index (κ1) is 18.5. The van der Waals surface area contributed by atoms with E-state index in [2.05, 4.69) is 52.3 Å². The van der Waals surface area contributed by atoms with Crippen molar-refractivity contribution in [2.45, 2.75) is 45.7 Å². The van der Waals surface area contributed by atoms with Crippen molar-refractivity contribution in [3.05, 3.63) is 87.4 Å². The van der Waals surface area contributed by atoms with E-state index >= 15 is 0 Å². The van der Waals surface area contributed by atoms with Gasteiger partial charge in [-0.15, -0.1) is 5.10 Å². The van der Waals surface area contributed by atoms with Crippen LogP contribution in [0.5, 0.6) is 0 Å². The molecule has 152 valence electrons. The van der Waals surface area contributed by atoms with Crippen LogP contribution >= 0.6 is 0 Å². The molecule has 7 nitrogen and oxygen atoms in total. The molecule has 1 aliphatic carbocycles. The molecule has 0 unspecified atom stereocenters. The molecular formula is C23H24N6O. The lowest BCUT2D eigenvalue weighted by atomic mass is 10.1. The standard InChI is InChI=1S/C23H24N6O/c1-15-6-8-18(9-7-15)22-27-28(23(30)29(22)19-10-11-19)14-21-24-20(25-26-21)13-17-5-3-4-16(2)12-17/h3-9,12,19H,10-11,13-14H2,1-2H3,(H,24,25,26). The smallest absolute Gasteiger partial charge is 0.272 e. The molecule has 7 heteroatoms. The first-order valence-corrected chi connectivity index (χ1v) is 10.3. The fraction of sp³-hybridized carbons (Fsp3) is 0.304.